The quantitative estimate of drug-likeness (QED) is 0.824. The van der Waals surface area contributed by atoms with Crippen LogP contribution >= 0.6 is 0 Å². The average molecular weight is 235 g/mol. The normalized spacial score (nSPS) is 17.2. The molecule has 2 aromatic carbocycles. The Hall–Kier alpha value is -2.11. The van der Waals surface area contributed by atoms with Crippen LogP contribution in [0.4, 0.5) is 0 Å². The van der Waals surface area contributed by atoms with Crippen LogP contribution in [0.2, 0.25) is 0 Å². The van der Waals surface area contributed by atoms with Crippen molar-refractivity contribution in [1.29, 1.82) is 5.26 Å². The topological polar surface area (TPSA) is 44.0 Å². The fourth-order valence-electron chi connectivity index (χ4n) is 2.54. The molecule has 0 aromatic heterocycles. The molecule has 18 heavy (non-hydrogen) atoms. The van der Waals surface area contributed by atoms with Crippen LogP contribution in [0.15, 0.2) is 42.5 Å². The molecule has 2 heteroatoms. The van der Waals surface area contributed by atoms with Crippen LogP contribution in [0.3, 0.4) is 0 Å². The lowest BCUT2D eigenvalue weighted by Crippen LogP contribution is -1.90. The van der Waals surface area contributed by atoms with Gasteiger partial charge in [-0.15, -0.1) is 0 Å². The number of fused-ring (bicyclic) bond motifs is 1. The molecule has 0 bridgehead atoms. The average Bonchev–Trinajstić information content (AvgIpc) is 2.80. The number of aliphatic hydroxyl groups is 1. The summed E-state index contributed by atoms with van der Waals surface area (Å²) in [6.07, 6.45) is 1.44. The smallest absolute Gasteiger partial charge is 0.0991 e. The van der Waals surface area contributed by atoms with Gasteiger partial charge in [0.25, 0.3) is 0 Å². The van der Waals surface area contributed by atoms with Gasteiger partial charge in [0.05, 0.1) is 17.7 Å². The molecule has 0 radical (unpaired) electrons. The summed E-state index contributed by atoms with van der Waals surface area (Å²) in [6.45, 7) is 0. The van der Waals surface area contributed by atoms with E-state index in [1.807, 2.05) is 30.3 Å². The molecule has 1 aliphatic rings. The van der Waals surface area contributed by atoms with Gasteiger partial charge in [0.15, 0.2) is 0 Å². The highest BCUT2D eigenvalue weighted by Crippen LogP contribution is 2.34. The van der Waals surface area contributed by atoms with Gasteiger partial charge in [-0.05, 0) is 47.2 Å². The van der Waals surface area contributed by atoms with E-state index in [-0.39, 0.29) is 6.10 Å². The fourth-order valence-corrected chi connectivity index (χ4v) is 2.54. The van der Waals surface area contributed by atoms with E-state index in [2.05, 4.69) is 12.1 Å². The van der Waals surface area contributed by atoms with Crippen LogP contribution in [0.5, 0.6) is 0 Å². The zero-order chi connectivity index (χ0) is 12.5. The van der Waals surface area contributed by atoms with Gasteiger partial charge < -0.3 is 5.11 Å². The van der Waals surface area contributed by atoms with Crippen LogP contribution < -0.4 is 0 Å². The Morgan fingerprint density at radius 3 is 2.78 bits per heavy atom. The first-order valence-corrected chi connectivity index (χ1v) is 6.09. The van der Waals surface area contributed by atoms with Gasteiger partial charge >= 0.3 is 0 Å². The molecule has 0 fully saturated rings. The first-order chi connectivity index (χ1) is 8.78. The third kappa shape index (κ3) is 1.79. The van der Waals surface area contributed by atoms with Crippen molar-refractivity contribution >= 4 is 0 Å². The number of hydrogen-bond acceptors (Lipinski definition) is 2. The molecule has 1 atom stereocenters. The summed E-state index contributed by atoms with van der Waals surface area (Å²) >= 11 is 0. The van der Waals surface area contributed by atoms with E-state index in [0.29, 0.717) is 5.56 Å². The summed E-state index contributed by atoms with van der Waals surface area (Å²) in [5.74, 6) is 0. The maximum atomic E-state index is 9.78. The number of aliphatic hydroxyl groups excluding tert-OH is 1. The molecule has 0 saturated carbocycles. The van der Waals surface area contributed by atoms with Crippen molar-refractivity contribution in [3.63, 3.8) is 0 Å². The van der Waals surface area contributed by atoms with Crippen molar-refractivity contribution in [2.75, 3.05) is 0 Å². The van der Waals surface area contributed by atoms with E-state index in [1.54, 1.807) is 6.07 Å². The maximum Gasteiger partial charge on any atom is 0.0991 e. The standard InChI is InChI=1S/C16H13NO/c17-10-11-2-1-3-12(8-11)13-4-6-15-14(9-13)5-7-16(15)18/h1-4,6,8-9,16,18H,5,7H2/t16-/m0/s1. The summed E-state index contributed by atoms with van der Waals surface area (Å²) in [5, 5.41) is 18.7. The minimum atomic E-state index is -0.306. The second kappa shape index (κ2) is 4.29. The third-order valence-electron chi connectivity index (χ3n) is 3.51. The SMILES string of the molecule is N#Cc1cccc(-c2ccc3c(c2)CC[C@@H]3O)c1. The maximum absolute atomic E-state index is 9.78. The van der Waals surface area contributed by atoms with Gasteiger partial charge in [0, 0.05) is 0 Å². The second-order valence-corrected chi connectivity index (χ2v) is 4.66. The first-order valence-electron chi connectivity index (χ1n) is 6.09. The molecule has 0 unspecified atom stereocenters. The van der Waals surface area contributed by atoms with Crippen LogP contribution in [-0.4, -0.2) is 5.11 Å². The Morgan fingerprint density at radius 1 is 1.11 bits per heavy atom. The molecule has 2 aromatic rings. The Bertz CT molecular complexity index is 640. The molecule has 0 aliphatic heterocycles. The summed E-state index contributed by atoms with van der Waals surface area (Å²) in [5.41, 5.74) is 5.11. The highest BCUT2D eigenvalue weighted by molar-refractivity contribution is 5.67. The number of nitriles is 1. The molecule has 3 rings (SSSR count). The van der Waals surface area contributed by atoms with Crippen LogP contribution in [0.25, 0.3) is 11.1 Å². The van der Waals surface area contributed by atoms with Gasteiger partial charge in [0.2, 0.25) is 0 Å². The lowest BCUT2D eigenvalue weighted by atomic mass is 9.99. The summed E-state index contributed by atoms with van der Waals surface area (Å²) in [4.78, 5) is 0. The summed E-state index contributed by atoms with van der Waals surface area (Å²) in [7, 11) is 0. The van der Waals surface area contributed by atoms with Crippen molar-refractivity contribution < 1.29 is 5.11 Å². The Kier molecular flexibility index (Phi) is 2.62. The minimum absolute atomic E-state index is 0.306. The van der Waals surface area contributed by atoms with Crippen LogP contribution in [0, 0.1) is 11.3 Å². The van der Waals surface area contributed by atoms with Gasteiger partial charge in [-0.2, -0.15) is 5.26 Å². The first kappa shape index (κ1) is 11.0. The number of nitrogens with zero attached hydrogens (tertiary/aromatic N) is 1. The minimum Gasteiger partial charge on any atom is -0.388 e. The van der Waals surface area contributed by atoms with Gasteiger partial charge in [-0.25, -0.2) is 0 Å². The molecule has 0 amide bonds. The number of aryl methyl sites for hydroxylation is 1. The summed E-state index contributed by atoms with van der Waals surface area (Å²) in [6, 6.07) is 15.9. The van der Waals surface area contributed by atoms with E-state index in [0.717, 1.165) is 29.5 Å². The van der Waals surface area contributed by atoms with Crippen LogP contribution in [-0.2, 0) is 6.42 Å². The van der Waals surface area contributed by atoms with Crippen molar-refractivity contribution in [1.82, 2.24) is 0 Å². The van der Waals surface area contributed by atoms with E-state index in [1.165, 1.54) is 5.56 Å². The van der Waals surface area contributed by atoms with E-state index in [4.69, 9.17) is 5.26 Å². The van der Waals surface area contributed by atoms with E-state index < -0.39 is 0 Å². The number of hydrogen-bond donors (Lipinski definition) is 1. The predicted octanol–water partition coefficient (Wildman–Crippen LogP) is 3.20. The van der Waals surface area contributed by atoms with Crippen molar-refractivity contribution in [3.05, 3.63) is 59.2 Å². The number of rotatable bonds is 1. The largest absolute Gasteiger partial charge is 0.388 e. The molecular formula is C16H13NO. The molecule has 2 nitrogen and oxygen atoms in total. The molecule has 1 aliphatic carbocycles. The highest BCUT2D eigenvalue weighted by Gasteiger charge is 2.20. The monoisotopic (exact) mass is 235 g/mol. The molecule has 0 heterocycles. The van der Waals surface area contributed by atoms with E-state index in [9.17, 15) is 5.11 Å². The van der Waals surface area contributed by atoms with Crippen molar-refractivity contribution in [2.24, 2.45) is 0 Å². The molecule has 0 saturated heterocycles. The molecule has 0 spiro atoms. The highest BCUT2D eigenvalue weighted by atomic mass is 16.3. The third-order valence-corrected chi connectivity index (χ3v) is 3.51. The van der Waals surface area contributed by atoms with Crippen LogP contribution in [0.1, 0.15) is 29.2 Å². The zero-order valence-electron chi connectivity index (χ0n) is 9.93. The Morgan fingerprint density at radius 2 is 1.94 bits per heavy atom. The van der Waals surface area contributed by atoms with Crippen molar-refractivity contribution in [2.45, 2.75) is 18.9 Å². The Labute approximate surface area is 106 Å². The van der Waals surface area contributed by atoms with Gasteiger partial charge in [0.1, 0.15) is 0 Å². The molecule has 88 valence electrons. The van der Waals surface area contributed by atoms with Gasteiger partial charge in [-0.1, -0.05) is 30.3 Å². The lowest BCUT2D eigenvalue weighted by Gasteiger charge is -2.07. The Balaban J connectivity index is 2.05. The number of benzene rings is 2. The second-order valence-electron chi connectivity index (χ2n) is 4.66. The fraction of sp³-hybridized carbons (Fsp3) is 0.188. The lowest BCUT2D eigenvalue weighted by molar-refractivity contribution is 0.180. The molecular weight excluding hydrogens is 222 g/mol. The predicted molar refractivity (Wildman–Crippen MR) is 69.9 cm³/mol. The van der Waals surface area contributed by atoms with Gasteiger partial charge in [-0.3, -0.25) is 0 Å². The molecule has 1 N–H and O–H groups in total. The van der Waals surface area contributed by atoms with E-state index >= 15 is 0 Å². The zero-order valence-corrected chi connectivity index (χ0v) is 9.93. The van der Waals surface area contributed by atoms with Crippen molar-refractivity contribution in [3.8, 4) is 17.2 Å². The summed E-state index contributed by atoms with van der Waals surface area (Å²) < 4.78 is 0.